The molecular formula is C25H24O6. The number of aromatic hydroxyl groups is 3. The van der Waals surface area contributed by atoms with Crippen LogP contribution in [0.3, 0.4) is 0 Å². The van der Waals surface area contributed by atoms with Crippen LogP contribution in [-0.2, 0) is 6.42 Å². The zero-order valence-corrected chi connectivity index (χ0v) is 17.8. The first-order valence-corrected chi connectivity index (χ1v) is 9.97. The zero-order valence-electron chi connectivity index (χ0n) is 17.8. The van der Waals surface area contributed by atoms with E-state index in [-0.39, 0.29) is 34.0 Å². The van der Waals surface area contributed by atoms with Crippen molar-refractivity contribution >= 4 is 17.0 Å². The third-order valence-electron chi connectivity index (χ3n) is 5.22. The summed E-state index contributed by atoms with van der Waals surface area (Å²) >= 11 is 0. The quantitative estimate of drug-likeness (QED) is 0.394. The molecule has 3 N–H and O–H groups in total. The fraction of sp³-hybridized carbons (Fsp3) is 0.240. The van der Waals surface area contributed by atoms with E-state index in [9.17, 15) is 20.1 Å². The summed E-state index contributed by atoms with van der Waals surface area (Å²) in [6, 6.07) is 5.42. The Morgan fingerprint density at radius 2 is 1.84 bits per heavy atom. The van der Waals surface area contributed by atoms with Crippen LogP contribution < -0.4 is 10.2 Å². The van der Waals surface area contributed by atoms with E-state index in [1.807, 2.05) is 45.9 Å². The molecule has 2 heterocycles. The van der Waals surface area contributed by atoms with Crippen LogP contribution in [0.4, 0.5) is 0 Å². The monoisotopic (exact) mass is 420 g/mol. The normalized spacial score (nSPS) is 14.2. The minimum absolute atomic E-state index is 0.0793. The Morgan fingerprint density at radius 1 is 1.10 bits per heavy atom. The van der Waals surface area contributed by atoms with Crippen LogP contribution in [0.5, 0.6) is 23.0 Å². The number of fused-ring (bicyclic) bond motifs is 3. The number of rotatable bonds is 3. The lowest BCUT2D eigenvalue weighted by atomic mass is 9.94. The Kier molecular flexibility index (Phi) is 4.81. The number of ether oxygens (including phenoxy) is 1. The highest BCUT2D eigenvalue weighted by molar-refractivity contribution is 5.96. The molecule has 0 spiro atoms. The van der Waals surface area contributed by atoms with Crippen molar-refractivity contribution in [3.8, 4) is 34.3 Å². The van der Waals surface area contributed by atoms with Gasteiger partial charge in [-0.15, -0.1) is 0 Å². The summed E-state index contributed by atoms with van der Waals surface area (Å²) in [5.74, 6) is -0.0868. The molecule has 0 bridgehead atoms. The van der Waals surface area contributed by atoms with Crippen molar-refractivity contribution in [1.82, 2.24) is 0 Å². The Balaban J connectivity index is 2.05. The van der Waals surface area contributed by atoms with Gasteiger partial charge in [-0.25, -0.2) is 0 Å². The van der Waals surface area contributed by atoms with Gasteiger partial charge in [-0.05, 0) is 64.5 Å². The number of hydrogen-bond donors (Lipinski definition) is 3. The standard InChI is InChI=1S/C25H24O6/c1-13(2)5-7-15-22(29)21-19(28)12-20(14-6-8-17(26)18(27)11-14)30-24(21)16-9-10-25(3,4)31-23(15)16/h5-6,8-12,26-27,29H,7H2,1-4H3. The Morgan fingerprint density at radius 3 is 2.52 bits per heavy atom. The molecule has 1 aromatic heterocycles. The maximum absolute atomic E-state index is 13.0. The van der Waals surface area contributed by atoms with Crippen LogP contribution in [0.15, 0.2) is 51.2 Å². The predicted octanol–water partition coefficient (Wildman–Crippen LogP) is 5.27. The molecule has 6 nitrogen and oxygen atoms in total. The molecular weight excluding hydrogens is 396 g/mol. The van der Waals surface area contributed by atoms with Gasteiger partial charge in [0.25, 0.3) is 0 Å². The van der Waals surface area contributed by atoms with Gasteiger partial charge in [-0.1, -0.05) is 11.6 Å². The Labute approximate surface area is 179 Å². The molecule has 0 aliphatic carbocycles. The second-order valence-electron chi connectivity index (χ2n) is 8.48. The molecule has 3 aromatic rings. The first-order chi connectivity index (χ1) is 14.6. The van der Waals surface area contributed by atoms with E-state index in [2.05, 4.69) is 0 Å². The van der Waals surface area contributed by atoms with Gasteiger partial charge in [-0.2, -0.15) is 0 Å². The van der Waals surface area contributed by atoms with E-state index in [0.29, 0.717) is 28.9 Å². The molecule has 6 heteroatoms. The van der Waals surface area contributed by atoms with E-state index >= 15 is 0 Å². The van der Waals surface area contributed by atoms with Crippen LogP contribution in [-0.4, -0.2) is 20.9 Å². The van der Waals surface area contributed by atoms with E-state index in [1.165, 1.54) is 24.3 Å². The molecule has 0 fully saturated rings. The average Bonchev–Trinajstić information content (AvgIpc) is 2.68. The van der Waals surface area contributed by atoms with E-state index < -0.39 is 11.0 Å². The van der Waals surface area contributed by atoms with Crippen LogP contribution in [0, 0.1) is 0 Å². The highest BCUT2D eigenvalue weighted by Gasteiger charge is 2.30. The summed E-state index contributed by atoms with van der Waals surface area (Å²) in [7, 11) is 0. The summed E-state index contributed by atoms with van der Waals surface area (Å²) in [5.41, 5.74) is 1.80. The molecule has 1 aliphatic heterocycles. The molecule has 0 amide bonds. The van der Waals surface area contributed by atoms with Crippen molar-refractivity contribution in [3.63, 3.8) is 0 Å². The van der Waals surface area contributed by atoms with Crippen LogP contribution in [0.25, 0.3) is 28.4 Å². The molecule has 0 saturated heterocycles. The third kappa shape index (κ3) is 3.65. The van der Waals surface area contributed by atoms with Crippen LogP contribution in [0.2, 0.25) is 0 Å². The summed E-state index contributed by atoms with van der Waals surface area (Å²) < 4.78 is 12.2. The van der Waals surface area contributed by atoms with Gasteiger partial charge in [-0.3, -0.25) is 4.79 Å². The zero-order chi connectivity index (χ0) is 22.5. The number of hydrogen-bond acceptors (Lipinski definition) is 6. The Hall–Kier alpha value is -3.67. The van der Waals surface area contributed by atoms with Gasteiger partial charge in [0.2, 0.25) is 0 Å². The second kappa shape index (κ2) is 7.23. The molecule has 2 aromatic carbocycles. The van der Waals surface area contributed by atoms with Crippen molar-refractivity contribution in [2.75, 3.05) is 0 Å². The lowest BCUT2D eigenvalue weighted by molar-refractivity contribution is 0.157. The predicted molar refractivity (Wildman–Crippen MR) is 120 cm³/mol. The third-order valence-corrected chi connectivity index (χ3v) is 5.22. The van der Waals surface area contributed by atoms with Crippen molar-refractivity contribution in [3.05, 3.63) is 63.3 Å². The van der Waals surface area contributed by atoms with E-state index in [4.69, 9.17) is 9.15 Å². The van der Waals surface area contributed by atoms with E-state index in [0.717, 1.165) is 5.57 Å². The van der Waals surface area contributed by atoms with Crippen LogP contribution in [0.1, 0.15) is 38.8 Å². The molecule has 1 aliphatic rings. The number of phenolic OH excluding ortho intramolecular Hbond substituents is 3. The maximum Gasteiger partial charge on any atom is 0.197 e. The lowest BCUT2D eigenvalue weighted by Gasteiger charge is -2.30. The van der Waals surface area contributed by atoms with Gasteiger partial charge in [0.1, 0.15) is 28.2 Å². The highest BCUT2D eigenvalue weighted by atomic mass is 16.5. The molecule has 0 radical (unpaired) electrons. The van der Waals surface area contributed by atoms with Crippen molar-refractivity contribution in [2.24, 2.45) is 0 Å². The summed E-state index contributed by atoms with van der Waals surface area (Å²) in [4.78, 5) is 13.0. The Bertz CT molecular complexity index is 1320. The van der Waals surface area contributed by atoms with Gasteiger partial charge in [0, 0.05) is 17.2 Å². The second-order valence-corrected chi connectivity index (χ2v) is 8.48. The molecule has 4 rings (SSSR count). The van der Waals surface area contributed by atoms with Gasteiger partial charge in [0.05, 0.1) is 5.56 Å². The first-order valence-electron chi connectivity index (χ1n) is 9.97. The fourth-order valence-electron chi connectivity index (χ4n) is 3.60. The summed E-state index contributed by atoms with van der Waals surface area (Å²) in [5, 5.41) is 30.5. The smallest absolute Gasteiger partial charge is 0.197 e. The SMILES string of the molecule is CC(C)=CCc1c2c(c3oc(-c4ccc(O)c(O)c4)cc(=O)c3c1O)C=CC(C)(C)O2. The van der Waals surface area contributed by atoms with E-state index in [1.54, 1.807) is 0 Å². The van der Waals surface area contributed by atoms with Gasteiger partial charge < -0.3 is 24.5 Å². The lowest BCUT2D eigenvalue weighted by Crippen LogP contribution is -2.28. The number of benzene rings is 2. The molecule has 0 atom stereocenters. The summed E-state index contributed by atoms with van der Waals surface area (Å²) in [6.45, 7) is 7.74. The molecule has 160 valence electrons. The largest absolute Gasteiger partial charge is 0.507 e. The molecule has 0 saturated carbocycles. The summed E-state index contributed by atoms with van der Waals surface area (Å²) in [6.07, 6.45) is 6.08. The topological polar surface area (TPSA) is 100 Å². The minimum atomic E-state index is -0.590. The molecule has 0 unspecified atom stereocenters. The maximum atomic E-state index is 13.0. The fourth-order valence-corrected chi connectivity index (χ4v) is 3.60. The highest BCUT2D eigenvalue weighted by Crippen LogP contribution is 2.45. The van der Waals surface area contributed by atoms with Crippen molar-refractivity contribution < 1.29 is 24.5 Å². The van der Waals surface area contributed by atoms with Crippen molar-refractivity contribution in [1.29, 1.82) is 0 Å². The molecule has 31 heavy (non-hydrogen) atoms. The number of phenols is 3. The number of allylic oxidation sites excluding steroid dienone is 2. The minimum Gasteiger partial charge on any atom is -0.507 e. The van der Waals surface area contributed by atoms with Gasteiger partial charge in [0.15, 0.2) is 22.5 Å². The van der Waals surface area contributed by atoms with Crippen LogP contribution >= 0.6 is 0 Å². The first kappa shape index (κ1) is 20.6. The van der Waals surface area contributed by atoms with Gasteiger partial charge >= 0.3 is 0 Å². The van der Waals surface area contributed by atoms with Crippen molar-refractivity contribution in [2.45, 2.75) is 39.7 Å². The average molecular weight is 420 g/mol.